The van der Waals surface area contributed by atoms with E-state index in [1.54, 1.807) is 0 Å². The van der Waals surface area contributed by atoms with Crippen molar-refractivity contribution in [2.24, 2.45) is 0 Å². The fourth-order valence-corrected chi connectivity index (χ4v) is 5.90. The van der Waals surface area contributed by atoms with Crippen LogP contribution in [0.1, 0.15) is 50.4 Å². The van der Waals surface area contributed by atoms with Crippen molar-refractivity contribution in [1.29, 1.82) is 0 Å². The summed E-state index contributed by atoms with van der Waals surface area (Å²) in [6, 6.07) is 12.6. The molecule has 7 nitrogen and oxygen atoms in total. The molecule has 0 spiro atoms. The highest BCUT2D eigenvalue weighted by atomic mass is 16.3. The second-order valence-electron chi connectivity index (χ2n) is 11.2. The van der Waals surface area contributed by atoms with E-state index >= 15 is 0 Å². The first-order chi connectivity index (χ1) is 16.8. The molecule has 3 aliphatic heterocycles. The quantitative estimate of drug-likeness (QED) is 0.666. The molecule has 0 saturated carbocycles. The van der Waals surface area contributed by atoms with Gasteiger partial charge in [-0.1, -0.05) is 44.2 Å². The zero-order valence-electron chi connectivity index (χ0n) is 21.3. The Balaban J connectivity index is 1.35. The number of piperazine rings is 1. The van der Waals surface area contributed by atoms with E-state index in [0.29, 0.717) is 13.1 Å². The molecule has 4 heterocycles. The van der Waals surface area contributed by atoms with Crippen LogP contribution in [0.4, 0.5) is 5.69 Å². The van der Waals surface area contributed by atoms with Gasteiger partial charge in [-0.15, -0.1) is 0 Å². The first-order valence-corrected chi connectivity index (χ1v) is 13.1. The SMILES string of the molecule is C[C@@H]1CN(CC(O)N2CC(C)(C)c3cnc(Cc4ccccc4)cc32)[C@@H](C(=O)N2CCCC2)CN1. The summed E-state index contributed by atoms with van der Waals surface area (Å²) in [7, 11) is 0. The van der Waals surface area contributed by atoms with Crippen LogP contribution in [0.5, 0.6) is 0 Å². The molecule has 7 heteroatoms. The lowest BCUT2D eigenvalue weighted by Gasteiger charge is -2.42. The zero-order valence-corrected chi connectivity index (χ0v) is 21.3. The molecule has 35 heavy (non-hydrogen) atoms. The fourth-order valence-electron chi connectivity index (χ4n) is 5.90. The highest BCUT2D eigenvalue weighted by Crippen LogP contribution is 2.41. The number of β-amino-alcohol motifs (C(OH)–C–C–N with tert-alkyl or cyclic N) is 1. The Hall–Kier alpha value is -2.48. The number of aliphatic hydroxyl groups excluding tert-OH is 1. The van der Waals surface area contributed by atoms with E-state index in [2.05, 4.69) is 66.2 Å². The second-order valence-corrected chi connectivity index (χ2v) is 11.2. The van der Waals surface area contributed by atoms with Crippen LogP contribution in [-0.4, -0.2) is 83.4 Å². The lowest BCUT2D eigenvalue weighted by molar-refractivity contribution is -0.137. The number of amides is 1. The molecule has 2 fully saturated rings. The molecule has 0 aliphatic carbocycles. The van der Waals surface area contributed by atoms with Gasteiger partial charge >= 0.3 is 0 Å². The molecular formula is C28H39N5O2. The van der Waals surface area contributed by atoms with Crippen LogP contribution in [0, 0.1) is 0 Å². The van der Waals surface area contributed by atoms with Crippen LogP contribution >= 0.6 is 0 Å². The number of hydrogen-bond donors (Lipinski definition) is 2. The number of fused-ring (bicyclic) bond motifs is 1. The average molecular weight is 478 g/mol. The molecule has 188 valence electrons. The molecule has 1 aromatic heterocycles. The van der Waals surface area contributed by atoms with Crippen LogP contribution in [0.3, 0.4) is 0 Å². The summed E-state index contributed by atoms with van der Waals surface area (Å²) >= 11 is 0. The van der Waals surface area contributed by atoms with Crippen LogP contribution in [-0.2, 0) is 16.6 Å². The van der Waals surface area contributed by atoms with E-state index in [1.807, 2.05) is 17.2 Å². The van der Waals surface area contributed by atoms with Gasteiger partial charge in [0.1, 0.15) is 12.3 Å². The van der Waals surface area contributed by atoms with Gasteiger partial charge in [0.05, 0.1) is 0 Å². The molecule has 3 atom stereocenters. The smallest absolute Gasteiger partial charge is 0.241 e. The topological polar surface area (TPSA) is 71.9 Å². The van der Waals surface area contributed by atoms with Crippen molar-refractivity contribution in [3.63, 3.8) is 0 Å². The van der Waals surface area contributed by atoms with Gasteiger partial charge in [-0.3, -0.25) is 14.7 Å². The van der Waals surface area contributed by atoms with E-state index in [0.717, 1.165) is 56.8 Å². The van der Waals surface area contributed by atoms with Gasteiger partial charge in [-0.2, -0.15) is 0 Å². The zero-order chi connectivity index (χ0) is 24.6. The fraction of sp³-hybridized carbons (Fsp3) is 0.571. The van der Waals surface area contributed by atoms with Gasteiger partial charge < -0.3 is 20.2 Å². The number of carbonyl (C=O) groups is 1. The second kappa shape index (κ2) is 9.88. The number of hydrogen-bond acceptors (Lipinski definition) is 6. The molecule has 2 aromatic rings. The lowest BCUT2D eigenvalue weighted by atomic mass is 9.88. The number of anilines is 1. The number of aliphatic hydroxyl groups is 1. The number of rotatable bonds is 6. The normalized spacial score (nSPS) is 25.0. The molecule has 1 amide bonds. The summed E-state index contributed by atoms with van der Waals surface area (Å²) in [6.07, 6.45) is 4.24. The van der Waals surface area contributed by atoms with E-state index in [4.69, 9.17) is 4.98 Å². The van der Waals surface area contributed by atoms with Crippen LogP contribution in [0.15, 0.2) is 42.6 Å². The summed E-state index contributed by atoms with van der Waals surface area (Å²) in [5, 5.41) is 15.0. The standard InChI is InChI=1S/C28H39N5O2/c1-20-17-32(25(16-29-20)27(35)31-11-7-8-12-31)18-26(34)33-19-28(2,3)23-15-30-22(14-24(23)33)13-21-9-5-4-6-10-21/h4-6,9-10,14-15,20,25-26,29,34H,7-8,11-13,16-19H2,1-3H3/t20-,25-,26?/m1/s1. The van der Waals surface area contributed by atoms with Gasteiger partial charge in [0.15, 0.2) is 0 Å². The molecular weight excluding hydrogens is 438 g/mol. The molecule has 2 saturated heterocycles. The Kier molecular flexibility index (Phi) is 6.84. The lowest BCUT2D eigenvalue weighted by Crippen LogP contribution is -2.63. The third-order valence-corrected chi connectivity index (χ3v) is 7.84. The van der Waals surface area contributed by atoms with Crippen molar-refractivity contribution >= 4 is 11.6 Å². The Morgan fingerprint density at radius 1 is 1.23 bits per heavy atom. The summed E-state index contributed by atoms with van der Waals surface area (Å²) in [6.45, 7) is 10.8. The van der Waals surface area contributed by atoms with Crippen molar-refractivity contribution in [1.82, 2.24) is 20.1 Å². The minimum atomic E-state index is -0.693. The number of aromatic nitrogens is 1. The molecule has 5 rings (SSSR count). The molecule has 1 unspecified atom stereocenters. The maximum absolute atomic E-state index is 13.3. The minimum Gasteiger partial charge on any atom is -0.372 e. The maximum Gasteiger partial charge on any atom is 0.241 e. The molecule has 2 N–H and O–H groups in total. The molecule has 0 bridgehead atoms. The predicted octanol–water partition coefficient (Wildman–Crippen LogP) is 2.37. The number of benzene rings is 1. The number of carbonyl (C=O) groups excluding carboxylic acids is 1. The van der Waals surface area contributed by atoms with Gasteiger partial charge in [-0.25, -0.2) is 0 Å². The maximum atomic E-state index is 13.3. The molecule has 0 radical (unpaired) electrons. The first-order valence-electron chi connectivity index (χ1n) is 13.1. The van der Waals surface area contributed by atoms with Gasteiger partial charge in [-0.05, 0) is 31.4 Å². The molecule has 3 aliphatic rings. The number of nitrogens with one attached hydrogen (secondary N) is 1. The molecule has 1 aromatic carbocycles. The van der Waals surface area contributed by atoms with E-state index < -0.39 is 6.23 Å². The summed E-state index contributed by atoms with van der Waals surface area (Å²) in [5.74, 6) is 0.200. The monoisotopic (exact) mass is 477 g/mol. The predicted molar refractivity (Wildman–Crippen MR) is 139 cm³/mol. The minimum absolute atomic E-state index is 0.101. The van der Waals surface area contributed by atoms with Crippen molar-refractivity contribution in [2.75, 3.05) is 44.2 Å². The van der Waals surface area contributed by atoms with Crippen molar-refractivity contribution in [3.8, 4) is 0 Å². The Bertz CT molecular complexity index is 1040. The van der Waals surface area contributed by atoms with E-state index in [1.165, 1.54) is 11.1 Å². The number of likely N-dealkylation sites (tertiary alicyclic amines) is 1. The van der Waals surface area contributed by atoms with Crippen LogP contribution in [0.25, 0.3) is 0 Å². The Morgan fingerprint density at radius 3 is 2.71 bits per heavy atom. The number of pyridine rings is 1. The third-order valence-electron chi connectivity index (χ3n) is 7.84. The summed E-state index contributed by atoms with van der Waals surface area (Å²) in [4.78, 5) is 24.4. The van der Waals surface area contributed by atoms with Gasteiger partial charge in [0.2, 0.25) is 5.91 Å². The summed E-state index contributed by atoms with van der Waals surface area (Å²) < 4.78 is 0. The van der Waals surface area contributed by atoms with Gasteiger partial charge in [0, 0.05) is 80.3 Å². The third kappa shape index (κ3) is 5.08. The highest BCUT2D eigenvalue weighted by Gasteiger charge is 2.41. The van der Waals surface area contributed by atoms with Crippen molar-refractivity contribution < 1.29 is 9.90 Å². The van der Waals surface area contributed by atoms with Crippen LogP contribution < -0.4 is 10.2 Å². The van der Waals surface area contributed by atoms with Crippen molar-refractivity contribution in [3.05, 3.63) is 59.4 Å². The van der Waals surface area contributed by atoms with Crippen molar-refractivity contribution in [2.45, 2.75) is 63.8 Å². The largest absolute Gasteiger partial charge is 0.372 e. The highest BCUT2D eigenvalue weighted by molar-refractivity contribution is 5.82. The first kappa shape index (κ1) is 24.2. The number of nitrogens with zero attached hydrogens (tertiary/aromatic N) is 4. The Morgan fingerprint density at radius 2 is 1.97 bits per heavy atom. The van der Waals surface area contributed by atoms with Gasteiger partial charge in [0.25, 0.3) is 0 Å². The average Bonchev–Trinajstić information content (AvgIpc) is 3.46. The van der Waals surface area contributed by atoms with E-state index in [-0.39, 0.29) is 23.4 Å². The summed E-state index contributed by atoms with van der Waals surface area (Å²) in [5.41, 5.74) is 4.36. The van der Waals surface area contributed by atoms with E-state index in [9.17, 15) is 9.90 Å². The van der Waals surface area contributed by atoms with Crippen LogP contribution in [0.2, 0.25) is 0 Å². The Labute approximate surface area is 209 Å².